The molecule has 2 rings (SSSR count). The van der Waals surface area contributed by atoms with Crippen LogP contribution in [0.3, 0.4) is 0 Å². The molecule has 0 saturated heterocycles. The van der Waals surface area contributed by atoms with Gasteiger partial charge in [0, 0.05) is 30.1 Å². The van der Waals surface area contributed by atoms with Crippen molar-refractivity contribution in [2.24, 2.45) is 5.92 Å². The molecule has 0 fully saturated rings. The van der Waals surface area contributed by atoms with Crippen molar-refractivity contribution < 1.29 is 9.53 Å². The average molecular weight is 288 g/mol. The molecule has 0 aliphatic carbocycles. The van der Waals surface area contributed by atoms with Gasteiger partial charge in [-0.3, -0.25) is 20.2 Å². The number of aromatic nitrogens is 3. The molecule has 112 valence electrons. The van der Waals surface area contributed by atoms with Crippen molar-refractivity contribution in [1.29, 1.82) is 0 Å². The fourth-order valence-corrected chi connectivity index (χ4v) is 2.14. The van der Waals surface area contributed by atoms with E-state index in [9.17, 15) is 4.79 Å². The third-order valence-corrected chi connectivity index (χ3v) is 3.30. The normalized spacial score (nSPS) is 12.4. The minimum Gasteiger partial charge on any atom is -0.468 e. The van der Waals surface area contributed by atoms with E-state index in [1.165, 1.54) is 7.11 Å². The number of pyridine rings is 1. The number of hydrogen-bond acceptors (Lipinski definition) is 5. The van der Waals surface area contributed by atoms with Crippen molar-refractivity contribution in [1.82, 2.24) is 20.5 Å². The van der Waals surface area contributed by atoms with Crippen molar-refractivity contribution in [3.63, 3.8) is 0 Å². The molecule has 2 N–H and O–H groups in total. The second kappa shape index (κ2) is 6.99. The molecule has 21 heavy (non-hydrogen) atoms. The molecule has 0 saturated carbocycles. The summed E-state index contributed by atoms with van der Waals surface area (Å²) in [5, 5.41) is 10.3. The third-order valence-electron chi connectivity index (χ3n) is 3.30. The zero-order valence-electron chi connectivity index (χ0n) is 12.5. The number of ether oxygens (including phenoxy) is 1. The Balaban J connectivity index is 2.11. The minimum absolute atomic E-state index is 0.145. The highest BCUT2D eigenvalue weighted by molar-refractivity contribution is 5.76. The van der Waals surface area contributed by atoms with Gasteiger partial charge in [-0.15, -0.1) is 0 Å². The highest BCUT2D eigenvalue weighted by Gasteiger charge is 2.22. The van der Waals surface area contributed by atoms with Crippen LogP contribution in [-0.4, -0.2) is 34.3 Å². The van der Waals surface area contributed by atoms with Gasteiger partial charge in [0.1, 0.15) is 6.04 Å². The Labute approximate surface area is 123 Å². The maximum atomic E-state index is 11.7. The van der Waals surface area contributed by atoms with Gasteiger partial charge in [0.2, 0.25) is 0 Å². The van der Waals surface area contributed by atoms with Gasteiger partial charge in [-0.25, -0.2) is 0 Å². The summed E-state index contributed by atoms with van der Waals surface area (Å²) in [5.74, 6) is -0.109. The van der Waals surface area contributed by atoms with Crippen molar-refractivity contribution in [2.75, 3.05) is 7.11 Å². The number of H-pyrrole nitrogens is 1. The predicted molar refractivity (Wildman–Crippen MR) is 79.3 cm³/mol. The number of rotatable bonds is 6. The van der Waals surface area contributed by atoms with Gasteiger partial charge in [0.15, 0.2) is 0 Å². The molecule has 0 unspecified atom stereocenters. The molecule has 2 aromatic heterocycles. The monoisotopic (exact) mass is 288 g/mol. The lowest BCUT2D eigenvalue weighted by Crippen LogP contribution is -2.41. The Hall–Kier alpha value is -2.21. The molecule has 6 nitrogen and oxygen atoms in total. The number of esters is 1. The Morgan fingerprint density at radius 3 is 2.86 bits per heavy atom. The summed E-state index contributed by atoms with van der Waals surface area (Å²) >= 11 is 0. The topological polar surface area (TPSA) is 79.9 Å². The summed E-state index contributed by atoms with van der Waals surface area (Å²) in [5.41, 5.74) is 2.85. The molecule has 0 aliphatic heterocycles. The molecule has 2 heterocycles. The SMILES string of the molecule is COC(=O)[C@@H](NCc1cn[nH]c1-c1cccnc1)C(C)C. The van der Waals surface area contributed by atoms with Crippen LogP contribution in [0.2, 0.25) is 0 Å². The largest absolute Gasteiger partial charge is 0.468 e. The third kappa shape index (κ3) is 3.66. The van der Waals surface area contributed by atoms with Gasteiger partial charge in [0.05, 0.1) is 19.0 Å². The Morgan fingerprint density at radius 1 is 1.43 bits per heavy atom. The zero-order chi connectivity index (χ0) is 15.2. The first-order chi connectivity index (χ1) is 10.1. The summed E-state index contributed by atoms with van der Waals surface area (Å²) < 4.78 is 4.82. The zero-order valence-corrected chi connectivity index (χ0v) is 12.5. The first-order valence-electron chi connectivity index (χ1n) is 6.87. The van der Waals surface area contributed by atoms with Gasteiger partial charge in [-0.05, 0) is 18.1 Å². The lowest BCUT2D eigenvalue weighted by molar-refractivity contribution is -0.144. The molecule has 0 spiro atoms. The Bertz CT molecular complexity index is 580. The molecule has 0 radical (unpaired) electrons. The van der Waals surface area contributed by atoms with Crippen LogP contribution >= 0.6 is 0 Å². The van der Waals surface area contributed by atoms with Crippen molar-refractivity contribution in [3.8, 4) is 11.3 Å². The van der Waals surface area contributed by atoms with Crippen LogP contribution in [-0.2, 0) is 16.1 Å². The van der Waals surface area contributed by atoms with Crippen molar-refractivity contribution >= 4 is 5.97 Å². The number of carbonyl (C=O) groups excluding carboxylic acids is 1. The van der Waals surface area contributed by atoms with Crippen LogP contribution in [0.5, 0.6) is 0 Å². The van der Waals surface area contributed by atoms with Gasteiger partial charge in [-0.2, -0.15) is 5.10 Å². The standard InChI is InChI=1S/C15H20N4O2/c1-10(2)13(15(20)21-3)17-8-12-9-18-19-14(12)11-5-4-6-16-7-11/h4-7,9-10,13,17H,8H2,1-3H3,(H,18,19)/t13-/m0/s1. The number of carbonyl (C=O) groups is 1. The van der Waals surface area contributed by atoms with Crippen molar-refractivity contribution in [3.05, 3.63) is 36.3 Å². The van der Waals surface area contributed by atoms with E-state index in [1.807, 2.05) is 26.0 Å². The van der Waals surface area contributed by atoms with E-state index in [-0.39, 0.29) is 17.9 Å². The van der Waals surface area contributed by atoms with Crippen LogP contribution in [0, 0.1) is 5.92 Å². The summed E-state index contributed by atoms with van der Waals surface area (Å²) in [7, 11) is 1.40. The lowest BCUT2D eigenvalue weighted by atomic mass is 10.0. The number of methoxy groups -OCH3 is 1. The number of nitrogens with zero attached hydrogens (tertiary/aromatic N) is 2. The maximum absolute atomic E-state index is 11.7. The molecule has 1 atom stereocenters. The van der Waals surface area contributed by atoms with Crippen LogP contribution in [0.15, 0.2) is 30.7 Å². The van der Waals surface area contributed by atoms with Crippen molar-refractivity contribution in [2.45, 2.75) is 26.4 Å². The van der Waals surface area contributed by atoms with Gasteiger partial charge < -0.3 is 4.74 Å². The lowest BCUT2D eigenvalue weighted by Gasteiger charge is -2.19. The highest BCUT2D eigenvalue weighted by atomic mass is 16.5. The van der Waals surface area contributed by atoms with Crippen LogP contribution in [0.25, 0.3) is 11.3 Å². The fraction of sp³-hybridized carbons (Fsp3) is 0.400. The minimum atomic E-state index is -0.341. The molecule has 0 aliphatic rings. The van der Waals surface area contributed by atoms with Gasteiger partial charge in [0.25, 0.3) is 0 Å². The molecule has 0 bridgehead atoms. The summed E-state index contributed by atoms with van der Waals surface area (Å²) in [6.45, 7) is 4.48. The number of hydrogen-bond donors (Lipinski definition) is 2. The number of nitrogens with one attached hydrogen (secondary N) is 2. The van der Waals surface area contributed by atoms with Gasteiger partial charge in [-0.1, -0.05) is 13.8 Å². The maximum Gasteiger partial charge on any atom is 0.323 e. The highest BCUT2D eigenvalue weighted by Crippen LogP contribution is 2.20. The molecular weight excluding hydrogens is 268 g/mol. The van der Waals surface area contributed by atoms with E-state index in [1.54, 1.807) is 18.6 Å². The quantitative estimate of drug-likeness (QED) is 0.792. The van der Waals surface area contributed by atoms with E-state index in [2.05, 4.69) is 20.5 Å². The predicted octanol–water partition coefficient (Wildman–Crippen LogP) is 1.76. The second-order valence-electron chi connectivity index (χ2n) is 5.14. The fourth-order valence-electron chi connectivity index (χ4n) is 2.14. The average Bonchev–Trinajstić information content (AvgIpc) is 2.96. The van der Waals surface area contributed by atoms with E-state index in [0.29, 0.717) is 6.54 Å². The first-order valence-corrected chi connectivity index (χ1v) is 6.87. The molecule has 0 aromatic carbocycles. The van der Waals surface area contributed by atoms with E-state index >= 15 is 0 Å². The molecule has 0 amide bonds. The summed E-state index contributed by atoms with van der Waals surface area (Å²) in [6.07, 6.45) is 5.26. The van der Waals surface area contributed by atoms with Crippen LogP contribution in [0.4, 0.5) is 0 Å². The molecule has 2 aromatic rings. The van der Waals surface area contributed by atoms with Crippen LogP contribution in [0.1, 0.15) is 19.4 Å². The van der Waals surface area contributed by atoms with E-state index in [4.69, 9.17) is 4.74 Å². The summed E-state index contributed by atoms with van der Waals surface area (Å²) in [4.78, 5) is 15.9. The Kier molecular flexibility index (Phi) is 5.05. The second-order valence-corrected chi connectivity index (χ2v) is 5.14. The Morgan fingerprint density at radius 2 is 2.24 bits per heavy atom. The van der Waals surface area contributed by atoms with E-state index < -0.39 is 0 Å². The number of aromatic amines is 1. The molecular formula is C15H20N4O2. The van der Waals surface area contributed by atoms with Gasteiger partial charge >= 0.3 is 5.97 Å². The molecule has 6 heteroatoms. The van der Waals surface area contributed by atoms with E-state index in [0.717, 1.165) is 16.8 Å². The first kappa shape index (κ1) is 15.2. The van der Waals surface area contributed by atoms with Crippen LogP contribution < -0.4 is 5.32 Å². The smallest absolute Gasteiger partial charge is 0.323 e. The summed E-state index contributed by atoms with van der Waals surface area (Å²) in [6, 6.07) is 3.50.